The largest absolute Gasteiger partial charge is 0.372 e. The van der Waals surface area contributed by atoms with E-state index < -0.39 is 0 Å². The maximum absolute atomic E-state index is 12.2. The molecule has 8 nitrogen and oxygen atoms in total. The lowest BCUT2D eigenvalue weighted by molar-refractivity contribution is -0.123. The van der Waals surface area contributed by atoms with Crippen LogP contribution in [-0.2, 0) is 11.2 Å². The number of nitrogens with one attached hydrogen (secondary N) is 3. The first-order valence-corrected chi connectivity index (χ1v) is 12.5. The molecule has 1 aromatic heterocycles. The molecule has 1 saturated heterocycles. The molecule has 174 valence electrons. The number of carbonyl (C=O) groups is 1. The van der Waals surface area contributed by atoms with Gasteiger partial charge in [-0.3, -0.25) is 4.79 Å². The van der Waals surface area contributed by atoms with E-state index in [-0.39, 0.29) is 17.9 Å². The minimum absolute atomic E-state index is 0.0672. The molecular formula is C25H33N7O. The van der Waals surface area contributed by atoms with Gasteiger partial charge >= 0.3 is 0 Å². The minimum Gasteiger partial charge on any atom is -0.372 e. The first-order chi connectivity index (χ1) is 16.2. The first-order valence-electron chi connectivity index (χ1n) is 12.5. The van der Waals surface area contributed by atoms with Crippen LogP contribution >= 0.6 is 0 Å². The van der Waals surface area contributed by atoms with E-state index in [1.54, 1.807) is 0 Å². The lowest BCUT2D eigenvalue weighted by atomic mass is 9.84. The maximum atomic E-state index is 12.2. The summed E-state index contributed by atoms with van der Waals surface area (Å²) in [5.74, 6) is 2.88. The summed E-state index contributed by atoms with van der Waals surface area (Å²) in [6.07, 6.45) is 8.11. The monoisotopic (exact) mass is 447 g/mol. The molecule has 0 radical (unpaired) electrons. The van der Waals surface area contributed by atoms with Gasteiger partial charge < -0.3 is 26.6 Å². The zero-order valence-corrected chi connectivity index (χ0v) is 19.0. The number of amides is 1. The molecule has 2 bridgehead atoms. The van der Waals surface area contributed by atoms with Gasteiger partial charge in [-0.15, -0.1) is 0 Å². The van der Waals surface area contributed by atoms with Crippen LogP contribution in [0, 0.1) is 17.8 Å². The Morgan fingerprint density at radius 2 is 1.85 bits per heavy atom. The summed E-state index contributed by atoms with van der Waals surface area (Å²) in [4.78, 5) is 24.2. The van der Waals surface area contributed by atoms with E-state index in [1.807, 2.05) is 0 Å². The number of nitrogens with zero attached hydrogens (tertiary/aromatic N) is 3. The van der Waals surface area contributed by atoms with Crippen LogP contribution in [0.1, 0.15) is 44.1 Å². The number of benzene rings is 1. The van der Waals surface area contributed by atoms with Crippen molar-refractivity contribution in [3.63, 3.8) is 0 Å². The molecule has 4 aliphatic rings. The van der Waals surface area contributed by atoms with E-state index in [0.717, 1.165) is 68.2 Å². The highest BCUT2D eigenvalue weighted by atomic mass is 16.1. The SMILES string of the molecule is NC(=O)C1C2CCC(C2)C1Nc1nc(Nc2ccc(N3CCCCC3)cc2)nc2c1CCN2. The van der Waals surface area contributed by atoms with Gasteiger partial charge in [0.2, 0.25) is 11.9 Å². The molecule has 8 heteroatoms. The van der Waals surface area contributed by atoms with Crippen LogP contribution in [0.15, 0.2) is 24.3 Å². The van der Waals surface area contributed by atoms with Crippen molar-refractivity contribution in [2.75, 3.05) is 40.5 Å². The lowest BCUT2D eigenvalue weighted by Crippen LogP contribution is -2.42. The molecule has 5 N–H and O–H groups in total. The van der Waals surface area contributed by atoms with Gasteiger partial charge in [-0.25, -0.2) is 0 Å². The predicted octanol–water partition coefficient (Wildman–Crippen LogP) is 3.49. The number of anilines is 5. The van der Waals surface area contributed by atoms with Crippen LogP contribution in [0.3, 0.4) is 0 Å². The number of rotatable bonds is 6. The third-order valence-electron chi connectivity index (χ3n) is 8.07. The Kier molecular flexibility index (Phi) is 5.23. The fourth-order valence-corrected chi connectivity index (χ4v) is 6.45. The van der Waals surface area contributed by atoms with Crippen LogP contribution in [-0.4, -0.2) is 41.6 Å². The number of piperidine rings is 1. The Balaban J connectivity index is 1.23. The highest BCUT2D eigenvalue weighted by Gasteiger charge is 2.50. The number of nitrogens with two attached hydrogens (primary N) is 1. The third kappa shape index (κ3) is 3.85. The Morgan fingerprint density at radius 3 is 2.64 bits per heavy atom. The molecule has 0 spiro atoms. The summed E-state index contributed by atoms with van der Waals surface area (Å²) in [7, 11) is 0. The molecule has 3 fully saturated rings. The third-order valence-corrected chi connectivity index (χ3v) is 8.07. The van der Waals surface area contributed by atoms with Gasteiger partial charge in [0.15, 0.2) is 0 Å². The second-order valence-electron chi connectivity index (χ2n) is 10.1. The van der Waals surface area contributed by atoms with Crippen molar-refractivity contribution in [3.05, 3.63) is 29.8 Å². The number of carbonyl (C=O) groups excluding carboxylic acids is 1. The zero-order chi connectivity index (χ0) is 22.4. The van der Waals surface area contributed by atoms with Crippen molar-refractivity contribution < 1.29 is 4.79 Å². The van der Waals surface area contributed by atoms with E-state index in [2.05, 4.69) is 45.1 Å². The Labute approximate surface area is 194 Å². The van der Waals surface area contributed by atoms with E-state index in [4.69, 9.17) is 15.7 Å². The molecule has 3 heterocycles. The summed E-state index contributed by atoms with van der Waals surface area (Å²) < 4.78 is 0. The summed E-state index contributed by atoms with van der Waals surface area (Å²) in [6, 6.07) is 8.61. The fraction of sp³-hybridized carbons (Fsp3) is 0.560. The van der Waals surface area contributed by atoms with Crippen LogP contribution in [0.5, 0.6) is 0 Å². The molecule has 6 rings (SSSR count). The van der Waals surface area contributed by atoms with E-state index >= 15 is 0 Å². The van der Waals surface area contributed by atoms with Crippen LogP contribution < -0.4 is 26.6 Å². The van der Waals surface area contributed by atoms with Crippen LogP contribution in [0.25, 0.3) is 0 Å². The summed E-state index contributed by atoms with van der Waals surface area (Å²) >= 11 is 0. The Morgan fingerprint density at radius 1 is 1.06 bits per heavy atom. The number of fused-ring (bicyclic) bond motifs is 3. The standard InChI is InChI=1S/C25H33N7O/c26-22(33)20-15-4-5-16(14-15)21(20)29-24-19-10-11-27-23(19)30-25(31-24)28-17-6-8-18(9-7-17)32-12-2-1-3-13-32/h6-9,15-16,20-21H,1-5,10-14H2,(H2,26,33)(H3,27,28,29,30,31). The van der Waals surface area contributed by atoms with Gasteiger partial charge in [0, 0.05) is 42.6 Å². The van der Waals surface area contributed by atoms with Crippen LogP contribution in [0.4, 0.5) is 29.0 Å². The quantitative estimate of drug-likeness (QED) is 0.537. The Bertz CT molecular complexity index is 1030. The summed E-state index contributed by atoms with van der Waals surface area (Å²) in [5.41, 5.74) is 9.14. The van der Waals surface area contributed by atoms with Crippen LogP contribution in [0.2, 0.25) is 0 Å². The number of hydrogen-bond acceptors (Lipinski definition) is 7. The van der Waals surface area contributed by atoms with Crippen molar-refractivity contribution in [1.82, 2.24) is 9.97 Å². The molecule has 33 heavy (non-hydrogen) atoms. The maximum Gasteiger partial charge on any atom is 0.231 e. The van der Waals surface area contributed by atoms with E-state index in [9.17, 15) is 4.79 Å². The minimum atomic E-state index is -0.185. The number of primary amides is 1. The fourth-order valence-electron chi connectivity index (χ4n) is 6.45. The summed E-state index contributed by atoms with van der Waals surface area (Å²) in [6.45, 7) is 3.12. The molecule has 2 saturated carbocycles. The molecule has 2 aliphatic heterocycles. The molecule has 1 amide bonds. The highest BCUT2D eigenvalue weighted by molar-refractivity contribution is 5.79. The highest BCUT2D eigenvalue weighted by Crippen LogP contribution is 2.49. The molecule has 4 unspecified atom stereocenters. The predicted molar refractivity (Wildman–Crippen MR) is 131 cm³/mol. The lowest BCUT2D eigenvalue weighted by Gasteiger charge is -2.30. The molecule has 2 aromatic rings. The van der Waals surface area contributed by atoms with Gasteiger partial charge in [0.1, 0.15) is 11.6 Å². The normalized spacial score (nSPS) is 27.8. The van der Waals surface area contributed by atoms with Crippen molar-refractivity contribution in [2.45, 2.75) is 51.0 Å². The van der Waals surface area contributed by atoms with Gasteiger partial charge in [-0.2, -0.15) is 9.97 Å². The van der Waals surface area contributed by atoms with Gasteiger partial charge in [-0.1, -0.05) is 0 Å². The second kappa shape index (κ2) is 8.39. The van der Waals surface area contributed by atoms with Crippen molar-refractivity contribution in [3.8, 4) is 0 Å². The first kappa shape index (κ1) is 20.6. The smallest absolute Gasteiger partial charge is 0.231 e. The Hall–Kier alpha value is -3.03. The topological polar surface area (TPSA) is 108 Å². The average Bonchev–Trinajstić information content (AvgIpc) is 3.56. The average molecular weight is 448 g/mol. The van der Waals surface area contributed by atoms with Gasteiger partial charge in [0.05, 0.1) is 5.92 Å². The second-order valence-corrected chi connectivity index (χ2v) is 10.1. The molecular weight excluding hydrogens is 414 g/mol. The van der Waals surface area contributed by atoms with Crippen molar-refractivity contribution in [1.29, 1.82) is 0 Å². The summed E-state index contributed by atoms with van der Waals surface area (Å²) in [5, 5.41) is 10.4. The molecule has 4 atom stereocenters. The number of hydrogen-bond donors (Lipinski definition) is 4. The number of aromatic nitrogens is 2. The zero-order valence-electron chi connectivity index (χ0n) is 19.0. The van der Waals surface area contributed by atoms with E-state index in [1.165, 1.54) is 24.9 Å². The molecule has 1 aromatic carbocycles. The van der Waals surface area contributed by atoms with Crippen molar-refractivity contribution in [2.24, 2.45) is 23.5 Å². The van der Waals surface area contributed by atoms with Gasteiger partial charge in [-0.05, 0) is 81.0 Å². The van der Waals surface area contributed by atoms with Crippen molar-refractivity contribution >= 4 is 34.9 Å². The van der Waals surface area contributed by atoms with E-state index in [0.29, 0.717) is 17.8 Å². The molecule has 2 aliphatic carbocycles. The van der Waals surface area contributed by atoms with Gasteiger partial charge in [0.25, 0.3) is 0 Å².